The molecule has 4 amide bonds. The molecular formula is C28H22N4O6S. The molecule has 39 heavy (non-hydrogen) atoms. The van der Waals surface area contributed by atoms with Crippen molar-refractivity contribution in [1.29, 1.82) is 0 Å². The molecule has 11 heteroatoms. The first-order valence-corrected chi connectivity index (χ1v) is 12.7. The second kappa shape index (κ2) is 10.5. The Morgan fingerprint density at radius 2 is 1.67 bits per heavy atom. The molecule has 196 valence electrons. The van der Waals surface area contributed by atoms with Crippen LogP contribution in [0.15, 0.2) is 92.8 Å². The van der Waals surface area contributed by atoms with Crippen molar-refractivity contribution in [3.63, 3.8) is 0 Å². The Morgan fingerprint density at radius 1 is 1.00 bits per heavy atom. The van der Waals surface area contributed by atoms with Crippen LogP contribution in [-0.2, 0) is 16.1 Å². The summed E-state index contributed by atoms with van der Waals surface area (Å²) in [6.45, 7) is 3.71. The van der Waals surface area contributed by atoms with Gasteiger partial charge in [-0.1, -0.05) is 11.8 Å². The van der Waals surface area contributed by atoms with Crippen LogP contribution >= 0.6 is 11.8 Å². The van der Waals surface area contributed by atoms with Crippen LogP contribution in [0, 0.1) is 24.0 Å². The number of rotatable bonds is 7. The van der Waals surface area contributed by atoms with E-state index in [1.807, 2.05) is 48.7 Å². The molecule has 3 heterocycles. The first-order chi connectivity index (χ1) is 18.7. The number of amides is 4. The summed E-state index contributed by atoms with van der Waals surface area (Å²) in [6.07, 6.45) is 2.94. The van der Waals surface area contributed by atoms with E-state index in [4.69, 9.17) is 4.42 Å². The quantitative estimate of drug-likeness (QED) is 0.143. The number of hydrogen-bond acceptors (Lipinski definition) is 7. The van der Waals surface area contributed by atoms with Gasteiger partial charge in [0.05, 0.1) is 17.7 Å². The third-order valence-electron chi connectivity index (χ3n) is 6.23. The third-order valence-corrected chi connectivity index (χ3v) is 7.24. The number of nitrogens with one attached hydrogen (secondary N) is 1. The van der Waals surface area contributed by atoms with Crippen LogP contribution in [0.4, 0.5) is 10.5 Å². The van der Waals surface area contributed by atoms with Crippen molar-refractivity contribution in [3.8, 4) is 5.69 Å². The lowest BCUT2D eigenvalue weighted by atomic mass is 10.1. The van der Waals surface area contributed by atoms with E-state index in [1.54, 1.807) is 24.3 Å². The molecule has 0 unspecified atom stereocenters. The summed E-state index contributed by atoms with van der Waals surface area (Å²) in [5.41, 5.74) is 3.16. The van der Waals surface area contributed by atoms with Crippen molar-refractivity contribution in [1.82, 2.24) is 14.8 Å². The minimum atomic E-state index is -0.796. The van der Waals surface area contributed by atoms with Crippen molar-refractivity contribution >= 4 is 41.4 Å². The molecular weight excluding hydrogens is 520 g/mol. The van der Waals surface area contributed by atoms with Crippen molar-refractivity contribution in [2.45, 2.75) is 30.2 Å². The van der Waals surface area contributed by atoms with E-state index in [0.717, 1.165) is 31.8 Å². The van der Waals surface area contributed by atoms with Crippen LogP contribution in [0.5, 0.6) is 0 Å². The van der Waals surface area contributed by atoms with Gasteiger partial charge in [-0.15, -0.1) is 0 Å². The SMILES string of the molecule is Cc1cc(/C=C2\C(=O)NC(=O)N(Cc3ccco3)C2=O)c(C)n1-c1ccc(Sc2ccc([N+](=O)[O-])cc2)cc1. The predicted molar refractivity (Wildman–Crippen MR) is 143 cm³/mol. The van der Waals surface area contributed by atoms with Gasteiger partial charge in [-0.2, -0.15) is 0 Å². The minimum Gasteiger partial charge on any atom is -0.467 e. The highest BCUT2D eigenvalue weighted by Crippen LogP contribution is 2.31. The highest BCUT2D eigenvalue weighted by Gasteiger charge is 2.36. The second-order valence-corrected chi connectivity index (χ2v) is 9.94. The van der Waals surface area contributed by atoms with Crippen molar-refractivity contribution in [2.75, 3.05) is 0 Å². The van der Waals surface area contributed by atoms with Gasteiger partial charge in [-0.05, 0) is 80.1 Å². The summed E-state index contributed by atoms with van der Waals surface area (Å²) < 4.78 is 7.25. The number of carbonyl (C=O) groups is 3. The van der Waals surface area contributed by atoms with E-state index in [1.165, 1.54) is 36.2 Å². The number of nitro groups is 1. The molecule has 1 N–H and O–H groups in total. The van der Waals surface area contributed by atoms with E-state index < -0.39 is 22.8 Å². The Hall–Kier alpha value is -4.90. The lowest BCUT2D eigenvalue weighted by molar-refractivity contribution is -0.384. The molecule has 10 nitrogen and oxygen atoms in total. The van der Waals surface area contributed by atoms with E-state index in [2.05, 4.69) is 5.32 Å². The summed E-state index contributed by atoms with van der Waals surface area (Å²) in [7, 11) is 0. The Bertz CT molecular complexity index is 1620. The zero-order valence-electron chi connectivity index (χ0n) is 20.9. The number of barbiturate groups is 1. The molecule has 5 rings (SSSR count). The van der Waals surface area contributed by atoms with Gasteiger partial charge in [0.1, 0.15) is 11.3 Å². The number of carbonyl (C=O) groups excluding carboxylic acids is 3. The first-order valence-electron chi connectivity index (χ1n) is 11.8. The third kappa shape index (κ3) is 5.25. The van der Waals surface area contributed by atoms with Gasteiger partial charge in [-0.3, -0.25) is 29.9 Å². The number of aryl methyl sites for hydroxylation is 1. The molecule has 1 aliphatic heterocycles. The molecule has 0 saturated carbocycles. The van der Waals surface area contributed by atoms with Gasteiger partial charge in [-0.25, -0.2) is 4.79 Å². The Morgan fingerprint density at radius 3 is 2.28 bits per heavy atom. The Labute approximate surface area is 227 Å². The number of aromatic nitrogens is 1. The molecule has 0 bridgehead atoms. The molecule has 0 radical (unpaired) electrons. The summed E-state index contributed by atoms with van der Waals surface area (Å²) in [4.78, 5) is 51.2. The average Bonchev–Trinajstić information content (AvgIpc) is 3.52. The lowest BCUT2D eigenvalue weighted by Gasteiger charge is -2.25. The van der Waals surface area contributed by atoms with E-state index in [9.17, 15) is 24.5 Å². The van der Waals surface area contributed by atoms with Gasteiger partial charge < -0.3 is 8.98 Å². The molecule has 1 saturated heterocycles. The Balaban J connectivity index is 1.38. The summed E-state index contributed by atoms with van der Waals surface area (Å²) in [5.74, 6) is -1.03. The largest absolute Gasteiger partial charge is 0.467 e. The van der Waals surface area contributed by atoms with Crippen LogP contribution in [0.25, 0.3) is 11.8 Å². The van der Waals surface area contributed by atoms with Crippen LogP contribution in [0.2, 0.25) is 0 Å². The zero-order chi connectivity index (χ0) is 27.7. The first kappa shape index (κ1) is 25.7. The van der Waals surface area contributed by atoms with Gasteiger partial charge >= 0.3 is 6.03 Å². The Kier molecular flexibility index (Phi) is 6.90. The number of nitro benzene ring substituents is 1. The summed E-state index contributed by atoms with van der Waals surface area (Å²) >= 11 is 1.49. The number of hydrogen-bond donors (Lipinski definition) is 1. The average molecular weight is 543 g/mol. The number of non-ortho nitro benzene ring substituents is 1. The maximum atomic E-state index is 13.1. The van der Waals surface area contributed by atoms with Crippen molar-refractivity contribution < 1.29 is 23.7 Å². The van der Waals surface area contributed by atoms with Crippen molar-refractivity contribution in [2.24, 2.45) is 0 Å². The molecule has 2 aromatic heterocycles. The number of urea groups is 1. The monoisotopic (exact) mass is 542 g/mol. The molecule has 4 aromatic rings. The van der Waals surface area contributed by atoms with Crippen LogP contribution in [0.3, 0.4) is 0 Å². The van der Waals surface area contributed by atoms with Crippen molar-refractivity contribution in [3.05, 3.63) is 111 Å². The lowest BCUT2D eigenvalue weighted by Crippen LogP contribution is -2.53. The number of benzene rings is 2. The fourth-order valence-corrected chi connectivity index (χ4v) is 5.13. The number of nitrogens with zero attached hydrogens (tertiary/aromatic N) is 3. The zero-order valence-corrected chi connectivity index (χ0v) is 21.7. The normalized spacial score (nSPS) is 14.7. The van der Waals surface area contributed by atoms with Crippen LogP contribution in [-0.4, -0.2) is 32.2 Å². The molecule has 0 atom stereocenters. The molecule has 1 fully saturated rings. The molecule has 2 aromatic carbocycles. The number of imide groups is 2. The topological polar surface area (TPSA) is 128 Å². The smallest absolute Gasteiger partial charge is 0.331 e. The molecule has 1 aliphatic rings. The van der Waals surface area contributed by atoms with E-state index in [-0.39, 0.29) is 17.8 Å². The van der Waals surface area contributed by atoms with Gasteiger partial charge in [0.15, 0.2) is 0 Å². The highest BCUT2D eigenvalue weighted by molar-refractivity contribution is 7.99. The summed E-state index contributed by atoms with van der Waals surface area (Å²) in [5, 5.41) is 13.1. The van der Waals surface area contributed by atoms with E-state index >= 15 is 0 Å². The van der Waals surface area contributed by atoms with Crippen LogP contribution < -0.4 is 5.32 Å². The van der Waals surface area contributed by atoms with Crippen LogP contribution in [0.1, 0.15) is 22.7 Å². The standard InChI is InChI=1S/C28H22N4O6S/c1-17-14-19(15-25-26(33)29-28(35)30(27(25)34)16-22-4-3-13-38-22)18(2)31(17)20-5-9-23(10-6-20)39-24-11-7-21(8-12-24)32(36)37/h3-15H,16H2,1-2H3,(H,29,33,35)/b25-15+. The fraction of sp³-hybridized carbons (Fsp3) is 0.107. The maximum absolute atomic E-state index is 13.1. The summed E-state index contributed by atoms with van der Waals surface area (Å²) in [6, 6.07) is 18.6. The minimum absolute atomic E-state index is 0.0447. The molecule has 0 spiro atoms. The van der Waals surface area contributed by atoms with E-state index in [0.29, 0.717) is 11.3 Å². The van der Waals surface area contributed by atoms with Gasteiger partial charge in [0.2, 0.25) is 0 Å². The predicted octanol–water partition coefficient (Wildman–Crippen LogP) is 5.41. The second-order valence-electron chi connectivity index (χ2n) is 8.80. The molecule has 0 aliphatic carbocycles. The van der Waals surface area contributed by atoms with Gasteiger partial charge in [0, 0.05) is 39.0 Å². The fourth-order valence-electron chi connectivity index (χ4n) is 4.32. The highest BCUT2D eigenvalue weighted by atomic mass is 32.2. The number of furan rings is 1. The van der Waals surface area contributed by atoms with Gasteiger partial charge in [0.25, 0.3) is 17.5 Å². The maximum Gasteiger partial charge on any atom is 0.331 e.